The molecular weight excluding hydrogens is 208 g/mol. The molecule has 1 unspecified atom stereocenters. The number of nitrogens with zero attached hydrogens (tertiary/aromatic N) is 1. The van der Waals surface area contributed by atoms with Crippen molar-refractivity contribution in [3.63, 3.8) is 0 Å². The van der Waals surface area contributed by atoms with E-state index >= 15 is 0 Å². The van der Waals surface area contributed by atoms with E-state index in [4.69, 9.17) is 0 Å². The number of hydrogen-bond donors (Lipinski definition) is 1. The summed E-state index contributed by atoms with van der Waals surface area (Å²) in [5.74, 6) is 0. The van der Waals surface area contributed by atoms with Gasteiger partial charge in [-0.1, -0.05) is 31.4 Å². The second-order valence-corrected chi connectivity index (χ2v) is 6.08. The van der Waals surface area contributed by atoms with E-state index in [-0.39, 0.29) is 0 Å². The van der Waals surface area contributed by atoms with Crippen LogP contribution in [0.5, 0.6) is 0 Å². The van der Waals surface area contributed by atoms with Crippen LogP contribution in [0.1, 0.15) is 51.4 Å². The second kappa shape index (κ2) is 5.11. The number of nitrogens with one attached hydrogen (secondary N) is 1. The summed E-state index contributed by atoms with van der Waals surface area (Å²) < 4.78 is 0. The van der Waals surface area contributed by atoms with Crippen LogP contribution in [0, 0.1) is 0 Å². The SMILES string of the molecule is C1=CC(N2CCNCC23CCCCC3)CCC1. The summed E-state index contributed by atoms with van der Waals surface area (Å²) >= 11 is 0. The lowest BCUT2D eigenvalue weighted by atomic mass is 9.77. The molecule has 2 heteroatoms. The first-order valence-corrected chi connectivity index (χ1v) is 7.55. The topological polar surface area (TPSA) is 15.3 Å². The van der Waals surface area contributed by atoms with Crippen LogP contribution in [0.3, 0.4) is 0 Å². The van der Waals surface area contributed by atoms with Crippen molar-refractivity contribution in [3.05, 3.63) is 12.2 Å². The largest absolute Gasteiger partial charge is 0.314 e. The highest BCUT2D eigenvalue weighted by molar-refractivity contribution is 5.07. The Kier molecular flexibility index (Phi) is 3.53. The predicted octanol–water partition coefficient (Wildman–Crippen LogP) is 2.70. The molecule has 0 bridgehead atoms. The van der Waals surface area contributed by atoms with E-state index in [9.17, 15) is 0 Å². The standard InChI is InChI=1S/C15H26N2/c1-3-7-14(8-4-1)17-12-11-16-13-15(17)9-5-2-6-10-15/h3,7,14,16H,1-2,4-6,8-13H2. The average molecular weight is 234 g/mol. The van der Waals surface area contributed by atoms with Gasteiger partial charge in [-0.25, -0.2) is 0 Å². The number of hydrogen-bond acceptors (Lipinski definition) is 2. The summed E-state index contributed by atoms with van der Waals surface area (Å²) in [6.45, 7) is 3.68. The van der Waals surface area contributed by atoms with E-state index in [0.717, 1.165) is 6.04 Å². The predicted molar refractivity (Wildman–Crippen MR) is 72.2 cm³/mol. The van der Waals surface area contributed by atoms with Gasteiger partial charge in [0.05, 0.1) is 0 Å². The van der Waals surface area contributed by atoms with E-state index in [0.29, 0.717) is 5.54 Å². The van der Waals surface area contributed by atoms with Crippen molar-refractivity contribution in [2.75, 3.05) is 19.6 Å². The van der Waals surface area contributed by atoms with Crippen LogP contribution < -0.4 is 5.32 Å². The first-order valence-electron chi connectivity index (χ1n) is 7.55. The minimum Gasteiger partial charge on any atom is -0.314 e. The van der Waals surface area contributed by atoms with Crippen molar-refractivity contribution < 1.29 is 0 Å². The minimum atomic E-state index is 0.503. The Morgan fingerprint density at radius 3 is 2.76 bits per heavy atom. The van der Waals surface area contributed by atoms with Gasteiger partial charge in [-0.2, -0.15) is 0 Å². The molecule has 2 fully saturated rings. The highest BCUT2D eigenvalue weighted by Gasteiger charge is 2.42. The molecule has 96 valence electrons. The van der Waals surface area contributed by atoms with Gasteiger partial charge in [0.15, 0.2) is 0 Å². The summed E-state index contributed by atoms with van der Waals surface area (Å²) in [4.78, 5) is 2.86. The summed E-state index contributed by atoms with van der Waals surface area (Å²) in [7, 11) is 0. The molecule has 0 aromatic rings. The Bertz CT molecular complexity index is 270. The molecule has 3 rings (SSSR count). The molecule has 3 aliphatic rings. The van der Waals surface area contributed by atoms with Gasteiger partial charge >= 0.3 is 0 Å². The van der Waals surface area contributed by atoms with Crippen LogP contribution in [0.2, 0.25) is 0 Å². The summed E-state index contributed by atoms with van der Waals surface area (Å²) in [5.41, 5.74) is 0.503. The summed E-state index contributed by atoms with van der Waals surface area (Å²) in [6.07, 6.45) is 16.2. The Balaban J connectivity index is 1.78. The fraction of sp³-hybridized carbons (Fsp3) is 0.867. The fourth-order valence-corrected chi connectivity index (χ4v) is 4.10. The van der Waals surface area contributed by atoms with E-state index in [2.05, 4.69) is 22.4 Å². The number of rotatable bonds is 1. The van der Waals surface area contributed by atoms with Crippen molar-refractivity contribution in [1.82, 2.24) is 10.2 Å². The summed E-state index contributed by atoms with van der Waals surface area (Å²) in [5, 5.41) is 3.65. The quantitative estimate of drug-likeness (QED) is 0.702. The zero-order valence-corrected chi connectivity index (χ0v) is 11.0. The van der Waals surface area contributed by atoms with Gasteiger partial charge in [0.2, 0.25) is 0 Å². The van der Waals surface area contributed by atoms with E-state index in [1.165, 1.54) is 71.0 Å². The molecule has 1 saturated carbocycles. The minimum absolute atomic E-state index is 0.503. The summed E-state index contributed by atoms with van der Waals surface area (Å²) in [6, 6.07) is 0.740. The number of allylic oxidation sites excluding steroid dienone is 1. The highest BCUT2D eigenvalue weighted by Crippen LogP contribution is 2.37. The second-order valence-electron chi connectivity index (χ2n) is 6.08. The third-order valence-electron chi connectivity index (χ3n) is 5.01. The van der Waals surface area contributed by atoms with E-state index in [1.807, 2.05) is 0 Å². The maximum atomic E-state index is 3.65. The Morgan fingerprint density at radius 1 is 1.12 bits per heavy atom. The van der Waals surface area contributed by atoms with Crippen LogP contribution in [0.25, 0.3) is 0 Å². The van der Waals surface area contributed by atoms with Gasteiger partial charge in [0.1, 0.15) is 0 Å². The smallest absolute Gasteiger partial charge is 0.0340 e. The van der Waals surface area contributed by atoms with Gasteiger partial charge < -0.3 is 5.32 Å². The molecule has 1 N–H and O–H groups in total. The molecule has 1 spiro atoms. The van der Waals surface area contributed by atoms with Gasteiger partial charge in [-0.15, -0.1) is 0 Å². The van der Waals surface area contributed by atoms with Gasteiger partial charge in [0, 0.05) is 31.2 Å². The average Bonchev–Trinajstić information content (AvgIpc) is 2.41. The molecule has 1 aliphatic heterocycles. The molecule has 2 nitrogen and oxygen atoms in total. The third kappa shape index (κ3) is 2.30. The van der Waals surface area contributed by atoms with Crippen LogP contribution in [0.15, 0.2) is 12.2 Å². The van der Waals surface area contributed by atoms with Crippen LogP contribution >= 0.6 is 0 Å². The normalized spacial score (nSPS) is 34.0. The van der Waals surface area contributed by atoms with Crippen LogP contribution in [-0.2, 0) is 0 Å². The zero-order valence-electron chi connectivity index (χ0n) is 11.0. The lowest BCUT2D eigenvalue weighted by molar-refractivity contribution is 0.00283. The zero-order chi connectivity index (χ0) is 11.6. The van der Waals surface area contributed by atoms with Crippen LogP contribution in [-0.4, -0.2) is 36.1 Å². The van der Waals surface area contributed by atoms with E-state index < -0.39 is 0 Å². The highest BCUT2D eigenvalue weighted by atomic mass is 15.3. The lowest BCUT2D eigenvalue weighted by Gasteiger charge is -2.53. The Labute approximate surface area is 105 Å². The molecule has 0 radical (unpaired) electrons. The molecule has 1 atom stereocenters. The molecule has 17 heavy (non-hydrogen) atoms. The van der Waals surface area contributed by atoms with E-state index in [1.54, 1.807) is 0 Å². The third-order valence-corrected chi connectivity index (χ3v) is 5.01. The molecular formula is C15H26N2. The first kappa shape index (κ1) is 11.7. The van der Waals surface area contributed by atoms with Crippen molar-refractivity contribution in [1.29, 1.82) is 0 Å². The first-order chi connectivity index (χ1) is 8.41. The molecule has 2 aliphatic carbocycles. The maximum Gasteiger partial charge on any atom is 0.0340 e. The number of piperazine rings is 1. The maximum absolute atomic E-state index is 3.65. The van der Waals surface area contributed by atoms with Gasteiger partial charge in [-0.05, 0) is 32.1 Å². The van der Waals surface area contributed by atoms with Crippen LogP contribution in [0.4, 0.5) is 0 Å². The molecule has 0 aromatic carbocycles. The van der Waals surface area contributed by atoms with Crippen molar-refractivity contribution in [3.8, 4) is 0 Å². The van der Waals surface area contributed by atoms with Gasteiger partial charge in [0.25, 0.3) is 0 Å². The van der Waals surface area contributed by atoms with Gasteiger partial charge in [-0.3, -0.25) is 4.90 Å². The molecule has 0 amide bonds. The van der Waals surface area contributed by atoms with Crippen molar-refractivity contribution >= 4 is 0 Å². The van der Waals surface area contributed by atoms with Crippen molar-refractivity contribution in [2.24, 2.45) is 0 Å². The Morgan fingerprint density at radius 2 is 2.00 bits per heavy atom. The lowest BCUT2D eigenvalue weighted by Crippen LogP contribution is -2.64. The monoisotopic (exact) mass is 234 g/mol. The van der Waals surface area contributed by atoms with Crippen molar-refractivity contribution in [2.45, 2.75) is 62.9 Å². The Hall–Kier alpha value is -0.340. The fourth-order valence-electron chi connectivity index (χ4n) is 4.10. The molecule has 1 saturated heterocycles. The molecule has 0 aromatic heterocycles. The molecule has 1 heterocycles.